The van der Waals surface area contributed by atoms with Gasteiger partial charge in [0.2, 0.25) is 10.0 Å². The Hall–Kier alpha value is -2.49. The van der Waals surface area contributed by atoms with Gasteiger partial charge in [-0.05, 0) is 55.8 Å². The van der Waals surface area contributed by atoms with Gasteiger partial charge >= 0.3 is 0 Å². The van der Waals surface area contributed by atoms with Crippen LogP contribution in [0.5, 0.6) is 0 Å². The number of nitrogens with one attached hydrogen (secondary N) is 1. The molecule has 0 amide bonds. The Bertz CT molecular complexity index is 1550. The number of carbonyl (C=O) groups excluding carboxylic acids is 1. The lowest BCUT2D eigenvalue weighted by molar-refractivity contribution is 0.101. The lowest BCUT2D eigenvalue weighted by Crippen LogP contribution is -2.24. The zero-order valence-electron chi connectivity index (χ0n) is 19.4. The van der Waals surface area contributed by atoms with Crippen molar-refractivity contribution in [3.05, 3.63) is 98.1 Å². The highest BCUT2D eigenvalue weighted by Gasteiger charge is 2.23. The molecule has 0 aliphatic rings. The first-order chi connectivity index (χ1) is 17.1. The summed E-state index contributed by atoms with van der Waals surface area (Å²) in [6.45, 7) is 3.34. The fourth-order valence-corrected chi connectivity index (χ4v) is 5.66. The Morgan fingerprint density at radius 1 is 1.06 bits per heavy atom. The minimum Gasteiger partial charge on any atom is -0.295 e. The van der Waals surface area contributed by atoms with Gasteiger partial charge in [-0.3, -0.25) is 4.79 Å². The van der Waals surface area contributed by atoms with E-state index in [-0.39, 0.29) is 17.2 Å². The average molecular weight is 607 g/mol. The molecule has 0 atom stereocenters. The molecule has 0 fully saturated rings. The van der Waals surface area contributed by atoms with Crippen LogP contribution in [0.15, 0.2) is 76.1 Å². The maximum atomic E-state index is 13.0. The van der Waals surface area contributed by atoms with E-state index in [9.17, 15) is 13.2 Å². The molecule has 36 heavy (non-hydrogen) atoms. The van der Waals surface area contributed by atoms with Gasteiger partial charge in [-0.1, -0.05) is 70.3 Å². The summed E-state index contributed by atoms with van der Waals surface area (Å²) in [7, 11) is -3.89. The number of sulfonamides is 1. The van der Waals surface area contributed by atoms with E-state index in [1.807, 2.05) is 31.2 Å². The van der Waals surface area contributed by atoms with Gasteiger partial charge in [0, 0.05) is 26.2 Å². The van der Waals surface area contributed by atoms with Gasteiger partial charge in [0.1, 0.15) is 0 Å². The van der Waals surface area contributed by atoms with E-state index >= 15 is 0 Å². The summed E-state index contributed by atoms with van der Waals surface area (Å²) in [5.74, 6) is -0.210. The van der Waals surface area contributed by atoms with Gasteiger partial charge in [-0.25, -0.2) is 17.8 Å². The molecule has 0 aliphatic carbocycles. The highest BCUT2D eigenvalue weighted by atomic mass is 79.9. The van der Waals surface area contributed by atoms with Crippen LogP contribution in [-0.2, 0) is 23.0 Å². The van der Waals surface area contributed by atoms with Crippen LogP contribution in [0.1, 0.15) is 35.5 Å². The first-order valence-corrected chi connectivity index (χ1v) is 14.1. The number of hydrogen-bond acceptors (Lipinski definition) is 4. The Kier molecular flexibility index (Phi) is 8.02. The summed E-state index contributed by atoms with van der Waals surface area (Å²) >= 11 is 16.1. The SMILES string of the molecule is CCc1c(CNS(=O)(=O)c2cccc(C(C)=O)c2)nn(-c2ccc(Cl)cc2Cl)c1-c1ccc(Br)cc1. The van der Waals surface area contributed by atoms with Crippen molar-refractivity contribution in [2.45, 2.75) is 31.7 Å². The zero-order chi connectivity index (χ0) is 26.0. The van der Waals surface area contributed by atoms with Crippen LogP contribution < -0.4 is 4.72 Å². The normalized spacial score (nSPS) is 11.6. The first-order valence-electron chi connectivity index (χ1n) is 11.0. The van der Waals surface area contributed by atoms with E-state index in [0.29, 0.717) is 33.4 Å². The lowest BCUT2D eigenvalue weighted by atomic mass is 10.0. The lowest BCUT2D eigenvalue weighted by Gasteiger charge is -2.11. The second-order valence-corrected chi connectivity index (χ2v) is 11.6. The molecule has 0 spiro atoms. The van der Waals surface area contributed by atoms with Crippen molar-refractivity contribution in [1.82, 2.24) is 14.5 Å². The molecule has 0 radical (unpaired) electrons. The van der Waals surface area contributed by atoms with Crippen molar-refractivity contribution < 1.29 is 13.2 Å². The Morgan fingerprint density at radius 2 is 1.78 bits per heavy atom. The summed E-state index contributed by atoms with van der Waals surface area (Å²) in [6, 6.07) is 18.9. The fraction of sp³-hybridized carbons (Fsp3) is 0.154. The van der Waals surface area contributed by atoms with E-state index in [4.69, 9.17) is 28.3 Å². The second-order valence-electron chi connectivity index (χ2n) is 8.05. The van der Waals surface area contributed by atoms with Crippen molar-refractivity contribution in [2.24, 2.45) is 0 Å². The minimum absolute atomic E-state index is 0.0153. The number of Topliss-reactive ketones (excluding diaryl/α,β-unsaturated/α-hetero) is 1. The van der Waals surface area contributed by atoms with E-state index in [1.165, 1.54) is 19.1 Å². The molecule has 4 rings (SSSR count). The highest BCUT2D eigenvalue weighted by molar-refractivity contribution is 9.10. The van der Waals surface area contributed by atoms with Crippen LogP contribution in [0.3, 0.4) is 0 Å². The van der Waals surface area contributed by atoms with Crippen LogP contribution in [0.4, 0.5) is 0 Å². The van der Waals surface area contributed by atoms with E-state index in [1.54, 1.807) is 35.0 Å². The van der Waals surface area contributed by atoms with Crippen LogP contribution >= 0.6 is 39.1 Å². The van der Waals surface area contributed by atoms with Crippen molar-refractivity contribution in [2.75, 3.05) is 0 Å². The molecular formula is C26H22BrCl2N3O3S. The van der Waals surface area contributed by atoms with Crippen molar-refractivity contribution in [3.63, 3.8) is 0 Å². The number of benzene rings is 3. The quantitative estimate of drug-likeness (QED) is 0.222. The number of ketones is 1. The molecule has 3 aromatic carbocycles. The van der Waals surface area contributed by atoms with Gasteiger partial charge in [-0.15, -0.1) is 0 Å². The molecule has 1 N–H and O–H groups in total. The summed E-state index contributed by atoms with van der Waals surface area (Å²) in [5.41, 5.74) is 4.10. The zero-order valence-corrected chi connectivity index (χ0v) is 23.3. The molecule has 1 heterocycles. The van der Waals surface area contributed by atoms with E-state index in [2.05, 4.69) is 20.7 Å². The third-order valence-electron chi connectivity index (χ3n) is 5.66. The van der Waals surface area contributed by atoms with Gasteiger partial charge < -0.3 is 0 Å². The van der Waals surface area contributed by atoms with Crippen molar-refractivity contribution >= 4 is 54.9 Å². The molecule has 10 heteroatoms. The predicted molar refractivity (Wildman–Crippen MR) is 147 cm³/mol. The van der Waals surface area contributed by atoms with Gasteiger partial charge in [0.25, 0.3) is 0 Å². The molecule has 1 aromatic heterocycles. The Balaban J connectivity index is 1.79. The summed E-state index contributed by atoms with van der Waals surface area (Å²) < 4.78 is 31.4. The van der Waals surface area contributed by atoms with E-state index in [0.717, 1.165) is 21.3 Å². The monoisotopic (exact) mass is 605 g/mol. The molecule has 0 saturated heterocycles. The van der Waals surface area contributed by atoms with Crippen LogP contribution in [0, 0.1) is 0 Å². The largest absolute Gasteiger partial charge is 0.295 e. The molecule has 0 saturated carbocycles. The number of nitrogens with zero attached hydrogens (tertiary/aromatic N) is 2. The second kappa shape index (κ2) is 10.9. The molecule has 0 unspecified atom stereocenters. The van der Waals surface area contributed by atoms with Gasteiger partial charge in [-0.2, -0.15) is 5.10 Å². The molecule has 0 aliphatic heterocycles. The standard InChI is InChI=1S/C26H22BrCl2N3O3S/c1-3-22-24(15-30-36(34,35)21-6-4-5-18(13-21)16(2)33)31-32(25-12-11-20(28)14-23(25)29)26(22)17-7-9-19(27)10-8-17/h4-14,30H,3,15H2,1-2H3. The molecule has 4 aromatic rings. The number of carbonyl (C=O) groups is 1. The highest BCUT2D eigenvalue weighted by Crippen LogP contribution is 2.34. The third kappa shape index (κ3) is 5.58. The Labute approximate surface area is 228 Å². The third-order valence-corrected chi connectivity index (χ3v) is 8.12. The van der Waals surface area contributed by atoms with Crippen molar-refractivity contribution in [3.8, 4) is 16.9 Å². The van der Waals surface area contributed by atoms with Gasteiger partial charge in [0.05, 0.1) is 33.5 Å². The number of halogens is 3. The average Bonchev–Trinajstić information content (AvgIpc) is 3.21. The summed E-state index contributed by atoms with van der Waals surface area (Å²) in [4.78, 5) is 11.7. The summed E-state index contributed by atoms with van der Waals surface area (Å²) in [5, 5.41) is 5.69. The number of hydrogen-bond donors (Lipinski definition) is 1. The molecule has 6 nitrogen and oxygen atoms in total. The topological polar surface area (TPSA) is 81.1 Å². The fourth-order valence-electron chi connectivity index (χ4n) is 3.87. The number of rotatable bonds is 8. The van der Waals surface area contributed by atoms with Crippen LogP contribution in [0.25, 0.3) is 16.9 Å². The van der Waals surface area contributed by atoms with Crippen molar-refractivity contribution in [1.29, 1.82) is 0 Å². The maximum absolute atomic E-state index is 13.0. The van der Waals surface area contributed by atoms with Crippen LogP contribution in [-0.4, -0.2) is 24.0 Å². The summed E-state index contributed by atoms with van der Waals surface area (Å²) in [6.07, 6.45) is 0.605. The first kappa shape index (κ1) is 26.6. The minimum atomic E-state index is -3.89. The van der Waals surface area contributed by atoms with E-state index < -0.39 is 10.0 Å². The number of aromatic nitrogens is 2. The maximum Gasteiger partial charge on any atom is 0.240 e. The Morgan fingerprint density at radius 3 is 2.42 bits per heavy atom. The molecule has 0 bridgehead atoms. The van der Waals surface area contributed by atoms with Gasteiger partial charge in [0.15, 0.2) is 5.78 Å². The smallest absolute Gasteiger partial charge is 0.240 e. The molecular weight excluding hydrogens is 585 g/mol. The van der Waals surface area contributed by atoms with Crippen LogP contribution in [0.2, 0.25) is 10.0 Å². The molecule has 186 valence electrons. The predicted octanol–water partition coefficient (Wildman–Crippen LogP) is 6.85.